The highest BCUT2D eigenvalue weighted by Gasteiger charge is 2.23. The molecule has 22 heavy (non-hydrogen) atoms. The fourth-order valence-corrected chi connectivity index (χ4v) is 3.35. The van der Waals surface area contributed by atoms with Gasteiger partial charge in [0.2, 0.25) is 0 Å². The second kappa shape index (κ2) is 7.46. The number of rotatable bonds is 5. The quantitative estimate of drug-likeness (QED) is 0.881. The molecule has 1 N–H and O–H groups in total. The summed E-state index contributed by atoms with van der Waals surface area (Å²) in [5, 5.41) is 3.54. The minimum Gasteiger partial charge on any atom is -0.383 e. The van der Waals surface area contributed by atoms with Crippen molar-refractivity contribution >= 4 is 5.69 Å². The Morgan fingerprint density at radius 2 is 1.55 bits per heavy atom. The largest absolute Gasteiger partial charge is 0.383 e. The van der Waals surface area contributed by atoms with Gasteiger partial charge in [-0.05, 0) is 56.5 Å². The molecule has 0 aromatic heterocycles. The predicted molar refractivity (Wildman–Crippen MR) is 94.4 cm³/mol. The molecule has 0 bridgehead atoms. The second-order valence-electron chi connectivity index (χ2n) is 6.32. The summed E-state index contributed by atoms with van der Waals surface area (Å²) >= 11 is 0. The Kier molecular flexibility index (Phi) is 5.12. The first kappa shape index (κ1) is 15.1. The Morgan fingerprint density at radius 1 is 0.955 bits per heavy atom. The summed E-state index contributed by atoms with van der Waals surface area (Å²) in [5.74, 6) is 0.742. The molecule has 0 unspecified atom stereocenters. The van der Waals surface area contributed by atoms with Crippen molar-refractivity contribution in [3.63, 3.8) is 0 Å². The molecule has 1 fully saturated rings. The Bertz CT molecular complexity index is 544. The fourth-order valence-electron chi connectivity index (χ4n) is 3.35. The van der Waals surface area contributed by atoms with Crippen molar-refractivity contribution in [1.82, 2.24) is 4.90 Å². The van der Waals surface area contributed by atoms with Gasteiger partial charge in [0.1, 0.15) is 0 Å². The lowest BCUT2D eigenvalue weighted by molar-refractivity contribution is 0.168. The van der Waals surface area contributed by atoms with Crippen LogP contribution in [0.15, 0.2) is 60.7 Å². The standard InChI is InChI=1S/C20H26N2/c1-17(16-21-20-10-6-3-7-11-20)22-14-12-19(13-15-22)18-8-4-2-5-9-18/h2-11,17,19,21H,12-16H2,1H3/t17-/m0/s1. The number of para-hydroxylation sites is 1. The molecule has 0 amide bonds. The lowest BCUT2D eigenvalue weighted by Gasteiger charge is -2.36. The molecule has 3 rings (SSSR count). The van der Waals surface area contributed by atoms with Gasteiger partial charge in [-0.1, -0.05) is 48.5 Å². The van der Waals surface area contributed by atoms with E-state index in [0.717, 1.165) is 12.5 Å². The average molecular weight is 294 g/mol. The summed E-state index contributed by atoms with van der Waals surface area (Å²) in [6, 6.07) is 22.1. The monoisotopic (exact) mass is 294 g/mol. The Labute approximate surface area is 134 Å². The van der Waals surface area contributed by atoms with E-state index in [9.17, 15) is 0 Å². The van der Waals surface area contributed by atoms with E-state index in [1.54, 1.807) is 0 Å². The van der Waals surface area contributed by atoms with Crippen molar-refractivity contribution in [3.8, 4) is 0 Å². The molecule has 2 nitrogen and oxygen atoms in total. The van der Waals surface area contributed by atoms with Crippen LogP contribution in [0.2, 0.25) is 0 Å². The van der Waals surface area contributed by atoms with E-state index in [1.165, 1.54) is 37.2 Å². The molecular weight excluding hydrogens is 268 g/mol. The first-order valence-corrected chi connectivity index (χ1v) is 8.41. The van der Waals surface area contributed by atoms with Crippen LogP contribution in [0.3, 0.4) is 0 Å². The Hall–Kier alpha value is -1.80. The lowest BCUT2D eigenvalue weighted by atomic mass is 9.89. The smallest absolute Gasteiger partial charge is 0.0340 e. The Morgan fingerprint density at radius 3 is 2.18 bits per heavy atom. The molecule has 2 heteroatoms. The highest BCUT2D eigenvalue weighted by molar-refractivity contribution is 5.42. The third-order valence-corrected chi connectivity index (χ3v) is 4.80. The van der Waals surface area contributed by atoms with Crippen molar-refractivity contribution in [1.29, 1.82) is 0 Å². The second-order valence-corrected chi connectivity index (χ2v) is 6.32. The van der Waals surface area contributed by atoms with Crippen molar-refractivity contribution in [2.24, 2.45) is 0 Å². The van der Waals surface area contributed by atoms with E-state index in [1.807, 2.05) is 0 Å². The van der Waals surface area contributed by atoms with E-state index in [-0.39, 0.29) is 0 Å². The number of anilines is 1. The highest BCUT2D eigenvalue weighted by Crippen LogP contribution is 2.28. The molecule has 0 saturated carbocycles. The number of hydrogen-bond donors (Lipinski definition) is 1. The van der Waals surface area contributed by atoms with E-state index in [0.29, 0.717) is 6.04 Å². The first-order valence-electron chi connectivity index (χ1n) is 8.41. The first-order chi connectivity index (χ1) is 10.8. The van der Waals surface area contributed by atoms with Gasteiger partial charge < -0.3 is 5.32 Å². The number of benzene rings is 2. The summed E-state index contributed by atoms with van der Waals surface area (Å²) in [4.78, 5) is 2.62. The molecule has 0 radical (unpaired) electrons. The zero-order valence-corrected chi connectivity index (χ0v) is 13.4. The van der Waals surface area contributed by atoms with Gasteiger partial charge in [-0.2, -0.15) is 0 Å². The van der Waals surface area contributed by atoms with Crippen LogP contribution >= 0.6 is 0 Å². The van der Waals surface area contributed by atoms with Gasteiger partial charge in [0.15, 0.2) is 0 Å². The summed E-state index contributed by atoms with van der Waals surface area (Å²) < 4.78 is 0. The maximum atomic E-state index is 3.54. The van der Waals surface area contributed by atoms with Crippen LogP contribution < -0.4 is 5.32 Å². The molecule has 2 aromatic carbocycles. The zero-order chi connectivity index (χ0) is 15.2. The minimum absolute atomic E-state index is 0.580. The molecule has 1 saturated heterocycles. The maximum absolute atomic E-state index is 3.54. The molecule has 0 spiro atoms. The van der Waals surface area contributed by atoms with Crippen LogP contribution in [0.5, 0.6) is 0 Å². The van der Waals surface area contributed by atoms with Gasteiger partial charge in [0, 0.05) is 18.3 Å². The van der Waals surface area contributed by atoms with Crippen LogP contribution in [0, 0.1) is 0 Å². The predicted octanol–water partition coefficient (Wildman–Crippen LogP) is 4.37. The molecule has 1 heterocycles. The van der Waals surface area contributed by atoms with Gasteiger partial charge in [-0.25, -0.2) is 0 Å². The van der Waals surface area contributed by atoms with Crippen molar-refractivity contribution in [2.75, 3.05) is 25.0 Å². The number of nitrogens with one attached hydrogen (secondary N) is 1. The Balaban J connectivity index is 1.46. The van der Waals surface area contributed by atoms with E-state index in [2.05, 4.69) is 77.8 Å². The van der Waals surface area contributed by atoms with Crippen LogP contribution in [-0.4, -0.2) is 30.6 Å². The van der Waals surface area contributed by atoms with Crippen LogP contribution in [0.25, 0.3) is 0 Å². The van der Waals surface area contributed by atoms with Gasteiger partial charge in [0.25, 0.3) is 0 Å². The van der Waals surface area contributed by atoms with Crippen molar-refractivity contribution in [2.45, 2.75) is 31.7 Å². The van der Waals surface area contributed by atoms with Gasteiger partial charge in [-0.15, -0.1) is 0 Å². The van der Waals surface area contributed by atoms with Crippen LogP contribution in [-0.2, 0) is 0 Å². The molecule has 0 aliphatic carbocycles. The lowest BCUT2D eigenvalue weighted by Crippen LogP contribution is -2.42. The SMILES string of the molecule is C[C@@H](CNc1ccccc1)N1CCC(c2ccccc2)CC1. The number of hydrogen-bond acceptors (Lipinski definition) is 2. The topological polar surface area (TPSA) is 15.3 Å². The third-order valence-electron chi connectivity index (χ3n) is 4.80. The van der Waals surface area contributed by atoms with Gasteiger partial charge in [-0.3, -0.25) is 4.90 Å². The number of piperidine rings is 1. The molecule has 116 valence electrons. The average Bonchev–Trinajstić information content (AvgIpc) is 2.61. The maximum Gasteiger partial charge on any atom is 0.0340 e. The molecular formula is C20H26N2. The molecule has 1 aliphatic rings. The summed E-state index contributed by atoms with van der Waals surface area (Å²) in [6.45, 7) is 5.76. The van der Waals surface area contributed by atoms with Crippen molar-refractivity contribution in [3.05, 3.63) is 66.2 Å². The number of nitrogens with zero attached hydrogens (tertiary/aromatic N) is 1. The molecule has 2 aromatic rings. The van der Waals surface area contributed by atoms with E-state index >= 15 is 0 Å². The van der Waals surface area contributed by atoms with Crippen LogP contribution in [0.4, 0.5) is 5.69 Å². The number of likely N-dealkylation sites (tertiary alicyclic amines) is 1. The van der Waals surface area contributed by atoms with Crippen LogP contribution in [0.1, 0.15) is 31.2 Å². The van der Waals surface area contributed by atoms with E-state index in [4.69, 9.17) is 0 Å². The summed E-state index contributed by atoms with van der Waals surface area (Å²) in [7, 11) is 0. The molecule has 1 atom stereocenters. The fraction of sp³-hybridized carbons (Fsp3) is 0.400. The molecule has 1 aliphatic heterocycles. The van der Waals surface area contributed by atoms with Gasteiger partial charge in [0.05, 0.1) is 0 Å². The highest BCUT2D eigenvalue weighted by atomic mass is 15.2. The third kappa shape index (κ3) is 3.89. The van der Waals surface area contributed by atoms with Crippen molar-refractivity contribution < 1.29 is 0 Å². The summed E-state index contributed by atoms with van der Waals surface area (Å²) in [5.41, 5.74) is 2.73. The summed E-state index contributed by atoms with van der Waals surface area (Å²) in [6.07, 6.45) is 2.55. The minimum atomic E-state index is 0.580. The van der Waals surface area contributed by atoms with E-state index < -0.39 is 0 Å². The normalized spacial score (nSPS) is 18.0. The zero-order valence-electron chi connectivity index (χ0n) is 13.4. The van der Waals surface area contributed by atoms with Gasteiger partial charge >= 0.3 is 0 Å².